The van der Waals surface area contributed by atoms with Crippen LogP contribution in [0.4, 0.5) is 4.79 Å². The Balaban J connectivity index is -0.00000218. The molecule has 9 amide bonds. The molecule has 4 atom stereocenters. The number of ether oxygens (including phenoxy) is 8. The van der Waals surface area contributed by atoms with Crippen LogP contribution >= 0.6 is 31.9 Å². The van der Waals surface area contributed by atoms with Gasteiger partial charge >= 0.3 is 24.0 Å². The number of Topliss-reactive ketones (excluding diaryl/α,β-unsaturated/α-hetero) is 2. The first kappa shape index (κ1) is 141. The number of ketones is 2. The second-order valence-electron chi connectivity index (χ2n) is 37.6. The van der Waals surface area contributed by atoms with Crippen molar-refractivity contribution in [3.8, 4) is 11.1 Å². The fourth-order valence-electron chi connectivity index (χ4n) is 15.4. The van der Waals surface area contributed by atoms with Gasteiger partial charge in [0.2, 0.25) is 47.3 Å². The molecule has 35 heteroatoms. The molecule has 145 heavy (non-hydrogen) atoms. The number of primary amides is 1. The third-order valence-electron chi connectivity index (χ3n) is 23.7. The molecule has 0 unspecified atom stereocenters. The summed E-state index contributed by atoms with van der Waals surface area (Å²) in [7, 11) is 0. The number of esters is 1. The molecule has 0 saturated heterocycles. The molecular formula is C110H193Br2N9O24. The molecule has 0 heterocycles. The Morgan fingerprint density at radius 2 is 0.697 bits per heavy atom. The third-order valence-corrected chi connectivity index (χ3v) is 24.7. The van der Waals surface area contributed by atoms with Crippen molar-refractivity contribution >= 4 is 115 Å². The maximum atomic E-state index is 12.6. The van der Waals surface area contributed by atoms with Crippen LogP contribution in [0.1, 0.15) is 395 Å². The molecule has 2 aromatic rings. The Hall–Kier alpha value is -8.06. The normalized spacial score (nSPS) is 12.0. The zero-order valence-electron chi connectivity index (χ0n) is 88.3. The van der Waals surface area contributed by atoms with E-state index in [2.05, 4.69) is 113 Å². The molecule has 33 nitrogen and oxygen atoms in total. The second kappa shape index (κ2) is 98.0. The molecule has 0 aromatic heterocycles. The van der Waals surface area contributed by atoms with Crippen LogP contribution in [0.5, 0.6) is 0 Å². The first-order valence-corrected chi connectivity index (χ1v) is 55.7. The summed E-state index contributed by atoms with van der Waals surface area (Å²) >= 11 is 6.14. The number of rotatable bonds is 89. The minimum absolute atomic E-state index is 0. The number of nitrogens with two attached hydrogens (primary N) is 1. The lowest BCUT2D eigenvalue weighted by atomic mass is 9.98. The van der Waals surface area contributed by atoms with Crippen LogP contribution in [0.25, 0.3) is 11.1 Å². The predicted octanol–water partition coefficient (Wildman–Crippen LogP) is 19.1. The van der Waals surface area contributed by atoms with Gasteiger partial charge in [-0.2, -0.15) is 0 Å². The molecular weight excluding hydrogens is 1990 g/mol. The number of aliphatic carboxylic acids is 2. The van der Waals surface area contributed by atoms with Crippen LogP contribution in [0.2, 0.25) is 0 Å². The van der Waals surface area contributed by atoms with Crippen molar-refractivity contribution in [1.29, 1.82) is 0 Å². The van der Waals surface area contributed by atoms with Gasteiger partial charge in [-0.15, -0.1) is 0 Å². The van der Waals surface area contributed by atoms with E-state index in [9.17, 15) is 67.1 Å². The average Bonchev–Trinajstić information content (AvgIpc) is 1.61. The second-order valence-corrected chi connectivity index (χ2v) is 38.7. The Labute approximate surface area is 887 Å². The largest absolute Gasteiger partial charge is 0.481 e. The van der Waals surface area contributed by atoms with Crippen molar-refractivity contribution in [2.45, 2.75) is 408 Å². The van der Waals surface area contributed by atoms with Gasteiger partial charge in [0.15, 0.2) is 5.78 Å². The zero-order valence-corrected chi connectivity index (χ0v) is 91.5. The maximum absolute atomic E-state index is 12.6. The van der Waals surface area contributed by atoms with Gasteiger partial charge in [-0.05, 0) is 128 Å². The number of unbranched alkanes of at least 4 members (excludes halogenated alkanes) is 31. The molecule has 1 aliphatic rings. The summed E-state index contributed by atoms with van der Waals surface area (Å²) in [5, 5.41) is 39.4. The Morgan fingerprint density at radius 1 is 0.352 bits per heavy atom. The number of hydrogen-bond acceptors (Lipinski definition) is 22. The number of hydrogen-bond donors (Lipinski definition) is 11. The number of alkyl carbamates (subject to hydrolysis) is 1. The van der Waals surface area contributed by atoms with E-state index in [-0.39, 0.29) is 181 Å². The van der Waals surface area contributed by atoms with Gasteiger partial charge in [0, 0.05) is 83.1 Å². The van der Waals surface area contributed by atoms with E-state index in [0.29, 0.717) is 123 Å². The minimum atomic E-state index is -0.891. The highest BCUT2D eigenvalue weighted by atomic mass is 79.9. The van der Waals surface area contributed by atoms with Crippen LogP contribution in [-0.2, 0) is 100 Å². The van der Waals surface area contributed by atoms with Crippen molar-refractivity contribution in [2.75, 3.05) is 129 Å². The smallest absolute Gasteiger partial charge is 0.407 e. The van der Waals surface area contributed by atoms with Crippen LogP contribution < -0.4 is 48.3 Å². The van der Waals surface area contributed by atoms with Crippen molar-refractivity contribution in [3.05, 3.63) is 59.7 Å². The van der Waals surface area contributed by atoms with E-state index in [1.807, 2.05) is 52.0 Å². The lowest BCUT2D eigenvalue weighted by Crippen LogP contribution is -2.48. The molecule has 0 radical (unpaired) electrons. The van der Waals surface area contributed by atoms with E-state index in [4.69, 9.17) is 53.8 Å². The highest BCUT2D eigenvalue weighted by Crippen LogP contribution is 2.44. The van der Waals surface area contributed by atoms with Gasteiger partial charge in [0.1, 0.15) is 30.1 Å². The number of carboxylic acid groups (broad SMARTS) is 2. The lowest BCUT2D eigenvalue weighted by Gasteiger charge is -2.19. The number of carbonyl (C=O) groups is 14. The summed E-state index contributed by atoms with van der Waals surface area (Å²) in [6, 6.07) is 14.6. The van der Waals surface area contributed by atoms with Crippen LogP contribution in [0, 0.1) is 5.92 Å². The van der Waals surface area contributed by atoms with E-state index in [1.54, 1.807) is 13.8 Å². The van der Waals surface area contributed by atoms with Crippen molar-refractivity contribution in [3.63, 3.8) is 0 Å². The first-order valence-electron chi connectivity index (χ1n) is 53.5. The van der Waals surface area contributed by atoms with Crippen LogP contribution in [0.15, 0.2) is 48.5 Å². The summed E-state index contributed by atoms with van der Waals surface area (Å²) in [6.07, 6.45) is 45.3. The lowest BCUT2D eigenvalue weighted by molar-refractivity contribution is -0.155. The highest BCUT2D eigenvalue weighted by molar-refractivity contribution is 9.09. The average molecular weight is 2190 g/mol. The standard InChI is InChI=1S/C47H85Br2N7O13.C30H57NO4.C22H25NO6.C9H18O.2CH4/c48-36-43(60)52-25-17-19-39(56-44(61)37-49)47(65)54-27-31-69-35-33-67-29-23-41(58)53-26-30-68-34-32-66-28-22-40(57)51-24-16-15-18-38(46(50)64)55-42(59)20-13-11-9-7-5-3-1-2-4-6-8-10-12-14-21-45(62)63;1-6-7-20-23-27(26(2)32)31-28(33)24-21-18-16-14-12-10-8-9-11-13-15-17-19-22-25-29(34)35-30(3,4)5;24-21(25)9-11-27-13-14-28-12-10-23-22(26)29-15-20-18-7-3-1-5-16(18)17-6-2-4-8-19(17)20;1-4-5-6-7-8(2)9(3)10;;/h38-39H,1-37H2,(H2,50,64)(H,51,57)(H,52,60)(H,53,58)(H,54,65)(H,55,59)(H,56,61)(H,62,63);27H,6-25H2,1-5H3,(H,31,33);1-8,20H,9-15H2,(H,23,26)(H,24,25);8H,4-7H2,1-3H3;2*1H4/t38-,39-;27-;;8-;;/m00.0../s1. The molecule has 0 saturated carbocycles. The summed E-state index contributed by atoms with van der Waals surface area (Å²) in [5.41, 5.74) is 9.89. The number of halogens is 2. The molecule has 0 spiro atoms. The van der Waals surface area contributed by atoms with Gasteiger partial charge in [-0.25, -0.2) is 4.79 Å². The number of carbonyl (C=O) groups excluding carboxylic acids is 12. The zero-order chi connectivity index (χ0) is 106. The highest BCUT2D eigenvalue weighted by Gasteiger charge is 2.30. The summed E-state index contributed by atoms with van der Waals surface area (Å²) < 4.78 is 43.0. The molecule has 1 aliphatic carbocycles. The quantitative estimate of drug-likeness (QED) is 0.0166. The van der Waals surface area contributed by atoms with Crippen LogP contribution in [0.3, 0.4) is 0 Å². The number of alkyl halides is 2. The molecule has 836 valence electrons. The van der Waals surface area contributed by atoms with Gasteiger partial charge in [0.25, 0.3) is 0 Å². The Morgan fingerprint density at radius 3 is 1.11 bits per heavy atom. The van der Waals surface area contributed by atoms with E-state index < -0.39 is 36.0 Å². The van der Waals surface area contributed by atoms with E-state index in [0.717, 1.165) is 103 Å². The molecule has 0 fully saturated rings. The number of carboxylic acids is 2. The van der Waals surface area contributed by atoms with E-state index >= 15 is 0 Å². The molecule has 12 N–H and O–H groups in total. The van der Waals surface area contributed by atoms with Crippen molar-refractivity contribution in [2.24, 2.45) is 11.7 Å². The predicted molar refractivity (Wildman–Crippen MR) is 581 cm³/mol. The number of amides is 9. The number of benzene rings is 2. The monoisotopic (exact) mass is 2180 g/mol. The third kappa shape index (κ3) is 87.5. The SMILES string of the molecule is C.C.CCCCC[C@H](C)C(C)=O.CCCCC[C@H](NC(=O)CCCCCCCCCCCCCCCCC(=O)OC(C)(C)C)C(C)=O.NC(=O)[C@H](CCCCNC(=O)CCOCCOCCNC(=O)CCOCCOCCNC(=O)[C@H](CCCNC(=O)CBr)NC(=O)CBr)NC(=O)CCCCCCCCCCCCCCCCC(=O)O.O=C(O)CCOCCOCCNC(=O)OCC1c2ccccc2-c2ccccc21. The van der Waals surface area contributed by atoms with Crippen molar-refractivity contribution in [1.82, 2.24) is 42.5 Å². The van der Waals surface area contributed by atoms with Gasteiger partial charge in [-0.3, -0.25) is 62.3 Å². The molecule has 0 aliphatic heterocycles. The Bertz CT molecular complexity index is 3670. The van der Waals surface area contributed by atoms with Crippen molar-refractivity contribution < 1.29 is 115 Å². The fourth-order valence-corrected chi connectivity index (χ4v) is 15.7. The topological polar surface area (TPSA) is 476 Å². The first-order chi connectivity index (χ1) is 68.9. The number of fused-ring (bicyclic) bond motifs is 3. The van der Waals surface area contributed by atoms with Gasteiger partial charge in [0.05, 0.1) is 102 Å². The summed E-state index contributed by atoms with van der Waals surface area (Å²) in [4.78, 5) is 163. The maximum Gasteiger partial charge on any atom is 0.407 e. The summed E-state index contributed by atoms with van der Waals surface area (Å²) in [6.45, 7) is 20.6. The molecule has 3 rings (SSSR count). The molecule has 2 aromatic carbocycles. The van der Waals surface area contributed by atoms with Crippen LogP contribution in [-0.4, -0.2) is 246 Å². The molecule has 0 bridgehead atoms. The fraction of sp³-hybridized carbons (Fsp3) is 0.764. The minimum Gasteiger partial charge on any atom is -0.481 e. The number of nitrogens with one attached hydrogen (secondary N) is 8. The van der Waals surface area contributed by atoms with Gasteiger partial charge < -0.3 is 96.4 Å². The van der Waals surface area contributed by atoms with Gasteiger partial charge in [-0.1, -0.05) is 309 Å². The summed E-state index contributed by atoms with van der Waals surface area (Å²) in [5.74, 6) is -2.82. The van der Waals surface area contributed by atoms with E-state index in [1.165, 1.54) is 151 Å². The Kier molecular flexibility index (Phi) is 95.3.